The van der Waals surface area contributed by atoms with E-state index in [9.17, 15) is 9.59 Å². The highest BCUT2D eigenvalue weighted by Crippen LogP contribution is 2.26. The van der Waals surface area contributed by atoms with Gasteiger partial charge in [-0.1, -0.05) is 82.1 Å². The molecule has 2 aromatic carbocycles. The molecule has 0 radical (unpaired) electrons. The van der Waals surface area contributed by atoms with Gasteiger partial charge in [-0.15, -0.1) is 0 Å². The molecule has 1 unspecified atom stereocenters. The monoisotopic (exact) mass is 436 g/mol. The van der Waals surface area contributed by atoms with Gasteiger partial charge in [-0.2, -0.15) is 0 Å². The summed E-state index contributed by atoms with van der Waals surface area (Å²) in [4.78, 5) is 28.2. The zero-order valence-corrected chi connectivity index (χ0v) is 19.5. The number of rotatable bonds is 10. The summed E-state index contributed by atoms with van der Waals surface area (Å²) in [7, 11) is 0. The van der Waals surface area contributed by atoms with Crippen molar-refractivity contribution in [1.29, 1.82) is 0 Å². The average molecular weight is 437 g/mol. The van der Waals surface area contributed by atoms with Gasteiger partial charge in [0.2, 0.25) is 5.91 Å². The summed E-state index contributed by atoms with van der Waals surface area (Å²) in [6.45, 7) is 6.45. The van der Waals surface area contributed by atoms with Crippen LogP contribution in [0.5, 0.6) is 5.75 Å². The van der Waals surface area contributed by atoms with Crippen LogP contribution in [0.1, 0.15) is 69.9 Å². The van der Waals surface area contributed by atoms with Crippen LogP contribution in [0.25, 0.3) is 0 Å². The van der Waals surface area contributed by atoms with Gasteiger partial charge in [-0.25, -0.2) is 0 Å². The Morgan fingerprint density at radius 2 is 1.69 bits per heavy atom. The molecule has 1 aliphatic carbocycles. The number of para-hydroxylation sites is 1. The molecule has 3 rings (SSSR count). The maximum absolute atomic E-state index is 13.4. The lowest BCUT2D eigenvalue weighted by molar-refractivity contribution is -0.143. The number of carbonyl (C=O) groups is 2. The lowest BCUT2D eigenvalue weighted by atomic mass is 10.0. The van der Waals surface area contributed by atoms with E-state index in [0.717, 1.165) is 42.6 Å². The summed E-state index contributed by atoms with van der Waals surface area (Å²) >= 11 is 0. The van der Waals surface area contributed by atoms with Crippen LogP contribution in [-0.2, 0) is 16.1 Å². The topological polar surface area (TPSA) is 58.6 Å². The van der Waals surface area contributed by atoms with Crippen LogP contribution in [0, 0.1) is 0 Å². The Balaban J connectivity index is 1.76. The first-order valence-electron chi connectivity index (χ1n) is 11.8. The maximum Gasteiger partial charge on any atom is 0.261 e. The molecule has 1 atom stereocenters. The van der Waals surface area contributed by atoms with E-state index < -0.39 is 6.04 Å². The fraction of sp³-hybridized carbons (Fsp3) is 0.481. The largest absolute Gasteiger partial charge is 0.483 e. The van der Waals surface area contributed by atoms with Crippen LogP contribution in [-0.4, -0.2) is 35.4 Å². The number of amides is 2. The van der Waals surface area contributed by atoms with Crippen molar-refractivity contribution in [3.8, 4) is 5.75 Å². The number of benzene rings is 2. The Kier molecular flexibility index (Phi) is 8.72. The quantitative estimate of drug-likeness (QED) is 0.567. The molecule has 2 amide bonds. The molecule has 2 aromatic rings. The Bertz CT molecular complexity index is 875. The highest BCUT2D eigenvalue weighted by molar-refractivity contribution is 5.88. The number of hydrogen-bond donors (Lipinski definition) is 1. The number of nitrogens with zero attached hydrogens (tertiary/aromatic N) is 1. The van der Waals surface area contributed by atoms with E-state index in [1.54, 1.807) is 4.90 Å². The predicted octanol–water partition coefficient (Wildman–Crippen LogP) is 5.06. The minimum absolute atomic E-state index is 0.0636. The SMILES string of the molecule is CCC(C(=O)NC1CCCC1)N(Cc1ccccc1)C(=O)COc1ccccc1C(C)C. The normalized spacial score (nSPS) is 14.9. The Labute approximate surface area is 192 Å². The Morgan fingerprint density at radius 1 is 1.03 bits per heavy atom. The lowest BCUT2D eigenvalue weighted by Crippen LogP contribution is -2.52. The van der Waals surface area contributed by atoms with Crippen molar-refractivity contribution in [2.24, 2.45) is 0 Å². The smallest absolute Gasteiger partial charge is 0.261 e. The average Bonchev–Trinajstić information content (AvgIpc) is 3.31. The second kappa shape index (κ2) is 11.7. The zero-order chi connectivity index (χ0) is 22.9. The van der Waals surface area contributed by atoms with E-state index in [0.29, 0.717) is 18.9 Å². The molecule has 1 saturated carbocycles. The van der Waals surface area contributed by atoms with Crippen molar-refractivity contribution < 1.29 is 14.3 Å². The summed E-state index contributed by atoms with van der Waals surface area (Å²) in [6, 6.07) is 17.3. The van der Waals surface area contributed by atoms with Crippen LogP contribution in [0.3, 0.4) is 0 Å². The summed E-state index contributed by atoms with van der Waals surface area (Å²) in [6.07, 6.45) is 4.89. The Hall–Kier alpha value is -2.82. The molecule has 1 fully saturated rings. The second-order valence-corrected chi connectivity index (χ2v) is 8.90. The molecule has 0 bridgehead atoms. The molecule has 0 heterocycles. The molecule has 5 nitrogen and oxygen atoms in total. The fourth-order valence-corrected chi connectivity index (χ4v) is 4.38. The van der Waals surface area contributed by atoms with E-state index in [4.69, 9.17) is 4.74 Å². The summed E-state index contributed by atoms with van der Waals surface area (Å²) < 4.78 is 5.96. The molecular formula is C27H36N2O3. The van der Waals surface area contributed by atoms with Crippen LogP contribution < -0.4 is 10.1 Å². The summed E-state index contributed by atoms with van der Waals surface area (Å²) in [5, 5.41) is 3.18. The lowest BCUT2D eigenvalue weighted by Gasteiger charge is -2.31. The van der Waals surface area contributed by atoms with E-state index >= 15 is 0 Å². The molecule has 0 spiro atoms. The zero-order valence-electron chi connectivity index (χ0n) is 19.5. The first-order chi connectivity index (χ1) is 15.5. The molecular weight excluding hydrogens is 400 g/mol. The van der Waals surface area contributed by atoms with Gasteiger partial charge in [0.15, 0.2) is 6.61 Å². The van der Waals surface area contributed by atoms with Gasteiger partial charge >= 0.3 is 0 Å². The number of hydrogen-bond acceptors (Lipinski definition) is 3. The predicted molar refractivity (Wildman–Crippen MR) is 127 cm³/mol. The van der Waals surface area contributed by atoms with Crippen molar-refractivity contribution in [2.75, 3.05) is 6.61 Å². The highest BCUT2D eigenvalue weighted by atomic mass is 16.5. The summed E-state index contributed by atoms with van der Waals surface area (Å²) in [5.41, 5.74) is 2.07. The number of nitrogens with one attached hydrogen (secondary N) is 1. The van der Waals surface area contributed by atoms with E-state index in [2.05, 4.69) is 19.2 Å². The molecule has 1 aliphatic rings. The van der Waals surface area contributed by atoms with Gasteiger partial charge in [0, 0.05) is 12.6 Å². The van der Waals surface area contributed by atoms with Crippen molar-refractivity contribution >= 4 is 11.8 Å². The number of carbonyl (C=O) groups excluding carboxylic acids is 2. The van der Waals surface area contributed by atoms with Crippen molar-refractivity contribution in [1.82, 2.24) is 10.2 Å². The van der Waals surface area contributed by atoms with Gasteiger partial charge in [-0.05, 0) is 42.4 Å². The molecule has 32 heavy (non-hydrogen) atoms. The highest BCUT2D eigenvalue weighted by Gasteiger charge is 2.31. The van der Waals surface area contributed by atoms with Crippen molar-refractivity contribution in [3.63, 3.8) is 0 Å². The first-order valence-corrected chi connectivity index (χ1v) is 11.8. The third-order valence-corrected chi connectivity index (χ3v) is 6.18. The molecule has 0 aliphatic heterocycles. The molecule has 172 valence electrons. The van der Waals surface area contributed by atoms with Crippen LogP contribution in [0.2, 0.25) is 0 Å². The van der Waals surface area contributed by atoms with E-state index in [-0.39, 0.29) is 24.5 Å². The molecule has 1 N–H and O–H groups in total. The van der Waals surface area contributed by atoms with E-state index in [1.807, 2.05) is 61.5 Å². The summed E-state index contributed by atoms with van der Waals surface area (Å²) in [5.74, 6) is 0.772. The van der Waals surface area contributed by atoms with Crippen LogP contribution >= 0.6 is 0 Å². The van der Waals surface area contributed by atoms with Crippen molar-refractivity contribution in [3.05, 3.63) is 65.7 Å². The third-order valence-electron chi connectivity index (χ3n) is 6.18. The minimum Gasteiger partial charge on any atom is -0.483 e. The standard InChI is InChI=1S/C27H36N2O3/c1-4-24(27(31)28-22-14-8-9-15-22)29(18-21-12-6-5-7-13-21)26(30)19-32-25-17-11-10-16-23(25)20(2)3/h5-7,10-13,16-17,20,22,24H,4,8-9,14-15,18-19H2,1-3H3,(H,28,31). The maximum atomic E-state index is 13.4. The van der Waals surface area contributed by atoms with E-state index in [1.165, 1.54) is 0 Å². The number of ether oxygens (including phenoxy) is 1. The first kappa shape index (κ1) is 23.8. The van der Waals surface area contributed by atoms with Gasteiger partial charge in [0.1, 0.15) is 11.8 Å². The van der Waals surface area contributed by atoms with Gasteiger partial charge in [0.25, 0.3) is 5.91 Å². The van der Waals surface area contributed by atoms with Crippen LogP contribution in [0.15, 0.2) is 54.6 Å². The van der Waals surface area contributed by atoms with Gasteiger partial charge in [-0.3, -0.25) is 9.59 Å². The Morgan fingerprint density at radius 3 is 2.34 bits per heavy atom. The fourth-order valence-electron chi connectivity index (χ4n) is 4.38. The molecule has 0 saturated heterocycles. The van der Waals surface area contributed by atoms with Crippen LogP contribution in [0.4, 0.5) is 0 Å². The molecule has 0 aromatic heterocycles. The second-order valence-electron chi connectivity index (χ2n) is 8.90. The van der Waals surface area contributed by atoms with Gasteiger partial charge < -0.3 is 15.0 Å². The molecule has 5 heteroatoms. The van der Waals surface area contributed by atoms with Crippen molar-refractivity contribution in [2.45, 2.75) is 77.4 Å². The third kappa shape index (κ3) is 6.35. The van der Waals surface area contributed by atoms with Gasteiger partial charge in [0.05, 0.1) is 0 Å². The minimum atomic E-state index is -0.521.